The smallest absolute Gasteiger partial charge is 0.252 e. The Balaban J connectivity index is 0.00000300. The largest absolute Gasteiger partial charge is 0.395 e. The fourth-order valence-corrected chi connectivity index (χ4v) is 5.01. The van der Waals surface area contributed by atoms with E-state index in [2.05, 4.69) is 10.6 Å². The average Bonchev–Trinajstić information content (AvgIpc) is 2.70. The number of carbonyl (C=O) groups is 1. The number of fused-ring (bicyclic) bond motifs is 2. The van der Waals surface area contributed by atoms with Crippen molar-refractivity contribution in [1.82, 2.24) is 10.6 Å². The van der Waals surface area contributed by atoms with Crippen molar-refractivity contribution < 1.29 is 14.6 Å². The van der Waals surface area contributed by atoms with Crippen LogP contribution in [0.4, 0.5) is 0 Å². The maximum Gasteiger partial charge on any atom is 0.252 e. The zero-order valence-corrected chi connectivity index (χ0v) is 17.4. The Labute approximate surface area is 180 Å². The lowest BCUT2D eigenvalue weighted by Crippen LogP contribution is -2.43. The normalized spacial score (nSPS) is 23.3. The molecule has 2 fully saturated rings. The molecule has 0 atom stereocenters. The number of hydrogen-bond acceptors (Lipinski definition) is 4. The highest BCUT2D eigenvalue weighted by Crippen LogP contribution is 2.48. The molecule has 0 radical (unpaired) electrons. The summed E-state index contributed by atoms with van der Waals surface area (Å²) < 4.78 is 5.63. The molecule has 1 aromatic carbocycles. The van der Waals surface area contributed by atoms with Gasteiger partial charge in [0, 0.05) is 19.6 Å². The zero-order valence-electron chi connectivity index (χ0n) is 16.6. The van der Waals surface area contributed by atoms with Gasteiger partial charge in [-0.05, 0) is 48.3 Å². The average molecular weight is 425 g/mol. The van der Waals surface area contributed by atoms with Crippen molar-refractivity contribution in [3.8, 4) is 0 Å². The molecule has 6 heteroatoms. The number of amides is 1. The van der Waals surface area contributed by atoms with Crippen LogP contribution in [-0.2, 0) is 11.3 Å². The van der Waals surface area contributed by atoms with Gasteiger partial charge in [0.25, 0.3) is 5.91 Å². The number of carbonyl (C=O) groups excluding carboxylic acids is 1. The number of rotatable bonds is 10. The van der Waals surface area contributed by atoms with E-state index in [4.69, 9.17) is 21.4 Å². The van der Waals surface area contributed by atoms with Crippen molar-refractivity contribution in [1.29, 1.82) is 0 Å². The van der Waals surface area contributed by atoms with Crippen LogP contribution < -0.4 is 10.6 Å². The van der Waals surface area contributed by atoms with Gasteiger partial charge in [-0.1, -0.05) is 50.8 Å². The molecule has 0 aromatic heterocycles. The van der Waals surface area contributed by atoms with Gasteiger partial charge in [0.15, 0.2) is 0 Å². The van der Waals surface area contributed by atoms with Crippen LogP contribution in [-0.4, -0.2) is 43.9 Å². The highest BCUT2D eigenvalue weighted by Gasteiger charge is 2.39. The van der Waals surface area contributed by atoms with Gasteiger partial charge in [0.1, 0.15) is 0 Å². The van der Waals surface area contributed by atoms with Gasteiger partial charge in [-0.15, -0.1) is 0 Å². The SMILES string of the molecule is C.O=C(NCC12CCCC(CCC1)C2)c1cc(COCCNCCO)ccc1Cl. The topological polar surface area (TPSA) is 70.6 Å². The van der Waals surface area contributed by atoms with Gasteiger partial charge < -0.3 is 20.5 Å². The van der Waals surface area contributed by atoms with Crippen molar-refractivity contribution in [2.75, 3.05) is 32.8 Å². The fourth-order valence-electron chi connectivity index (χ4n) is 4.81. The first-order valence-corrected chi connectivity index (χ1v) is 11.0. The first kappa shape index (κ1) is 24.1. The summed E-state index contributed by atoms with van der Waals surface area (Å²) in [5.74, 6) is 0.772. The van der Waals surface area contributed by atoms with Crippen molar-refractivity contribution >= 4 is 17.5 Å². The minimum Gasteiger partial charge on any atom is -0.395 e. The number of nitrogens with one attached hydrogen (secondary N) is 2. The minimum absolute atomic E-state index is 0. The molecule has 1 aromatic rings. The molecular formula is C23H37ClN2O3. The van der Waals surface area contributed by atoms with Crippen molar-refractivity contribution in [2.45, 2.75) is 59.0 Å². The second-order valence-corrected chi connectivity index (χ2v) is 8.78. The van der Waals surface area contributed by atoms with E-state index in [1.807, 2.05) is 12.1 Å². The molecule has 3 rings (SSSR count). The summed E-state index contributed by atoms with van der Waals surface area (Å²) in [6, 6.07) is 5.50. The van der Waals surface area contributed by atoms with Gasteiger partial charge in [-0.3, -0.25) is 4.79 Å². The molecule has 5 nitrogen and oxygen atoms in total. The van der Waals surface area contributed by atoms with Gasteiger partial charge in [-0.25, -0.2) is 0 Å². The Morgan fingerprint density at radius 1 is 1.24 bits per heavy atom. The number of aliphatic hydroxyl groups is 1. The van der Waals surface area contributed by atoms with Gasteiger partial charge >= 0.3 is 0 Å². The molecule has 0 heterocycles. The molecule has 0 spiro atoms. The van der Waals surface area contributed by atoms with E-state index in [-0.39, 0.29) is 19.9 Å². The summed E-state index contributed by atoms with van der Waals surface area (Å²) in [5, 5.41) is 15.5. The third kappa shape index (κ3) is 6.95. The summed E-state index contributed by atoms with van der Waals surface area (Å²) in [5.41, 5.74) is 1.76. The van der Waals surface area contributed by atoms with Crippen LogP contribution in [0.15, 0.2) is 18.2 Å². The molecule has 2 aliphatic rings. The van der Waals surface area contributed by atoms with Crippen LogP contribution in [0.25, 0.3) is 0 Å². The Morgan fingerprint density at radius 3 is 2.72 bits per heavy atom. The second kappa shape index (κ2) is 11.9. The monoisotopic (exact) mass is 424 g/mol. The summed E-state index contributed by atoms with van der Waals surface area (Å²) in [7, 11) is 0. The van der Waals surface area contributed by atoms with Crippen molar-refractivity contribution in [3.05, 3.63) is 34.3 Å². The van der Waals surface area contributed by atoms with Crippen LogP contribution in [0.3, 0.4) is 0 Å². The lowest BCUT2D eigenvalue weighted by atomic mass is 9.62. The number of ether oxygens (including phenoxy) is 1. The third-order valence-corrected chi connectivity index (χ3v) is 6.57. The van der Waals surface area contributed by atoms with E-state index in [9.17, 15) is 4.79 Å². The van der Waals surface area contributed by atoms with Gasteiger partial charge in [0.2, 0.25) is 0 Å². The molecule has 164 valence electrons. The Morgan fingerprint density at radius 2 is 2.00 bits per heavy atom. The molecule has 3 N–H and O–H groups in total. The van der Waals surface area contributed by atoms with Gasteiger partial charge in [-0.2, -0.15) is 0 Å². The zero-order chi connectivity index (χ0) is 19.8. The van der Waals surface area contributed by atoms with Crippen LogP contribution in [0.5, 0.6) is 0 Å². The maximum absolute atomic E-state index is 12.8. The quantitative estimate of drug-likeness (QED) is 0.493. The molecule has 2 saturated carbocycles. The van der Waals surface area contributed by atoms with E-state index in [0.29, 0.717) is 42.3 Å². The maximum atomic E-state index is 12.8. The lowest BCUT2D eigenvalue weighted by molar-refractivity contribution is 0.0681. The fraction of sp³-hybridized carbons (Fsp3) is 0.696. The second-order valence-electron chi connectivity index (χ2n) is 8.38. The minimum atomic E-state index is -0.0847. The Hall–Kier alpha value is -1.14. The molecule has 1 amide bonds. The number of aliphatic hydroxyl groups excluding tert-OH is 1. The van der Waals surface area contributed by atoms with Gasteiger partial charge in [0.05, 0.1) is 30.4 Å². The van der Waals surface area contributed by atoms with E-state index in [0.717, 1.165) is 18.0 Å². The van der Waals surface area contributed by atoms with E-state index >= 15 is 0 Å². The molecular weight excluding hydrogens is 388 g/mol. The number of halogens is 1. The summed E-state index contributed by atoms with van der Waals surface area (Å²) in [6.07, 6.45) is 9.03. The van der Waals surface area contributed by atoms with Crippen molar-refractivity contribution in [2.24, 2.45) is 11.3 Å². The molecule has 2 bridgehead atoms. The molecule has 0 saturated heterocycles. The Bertz CT molecular complexity index is 643. The Kier molecular flexibility index (Phi) is 9.90. The number of hydrogen-bond donors (Lipinski definition) is 3. The lowest BCUT2D eigenvalue weighted by Gasteiger charge is -2.45. The molecule has 2 aliphatic carbocycles. The van der Waals surface area contributed by atoms with Crippen molar-refractivity contribution in [3.63, 3.8) is 0 Å². The van der Waals surface area contributed by atoms with Crippen LogP contribution in [0.2, 0.25) is 5.02 Å². The first-order chi connectivity index (χ1) is 13.6. The van der Waals surface area contributed by atoms with E-state index in [1.54, 1.807) is 6.07 Å². The summed E-state index contributed by atoms with van der Waals surface area (Å²) in [6.45, 7) is 3.12. The summed E-state index contributed by atoms with van der Waals surface area (Å²) >= 11 is 6.30. The predicted octanol–water partition coefficient (Wildman–Crippen LogP) is 4.16. The first-order valence-electron chi connectivity index (χ1n) is 10.6. The number of benzene rings is 1. The van der Waals surface area contributed by atoms with Crippen LogP contribution >= 0.6 is 11.6 Å². The summed E-state index contributed by atoms with van der Waals surface area (Å²) in [4.78, 5) is 12.8. The van der Waals surface area contributed by atoms with Crippen LogP contribution in [0, 0.1) is 11.3 Å². The molecule has 29 heavy (non-hydrogen) atoms. The highest BCUT2D eigenvalue weighted by atomic mass is 35.5. The molecule has 0 aliphatic heterocycles. The standard InChI is InChI=1S/C22H33ClN2O3.CH4/c23-20-6-5-18(15-28-12-10-24-9-11-26)13-19(20)21(27)25-16-22-7-1-3-17(14-22)4-2-8-22;/h5-6,13,17,24,26H,1-4,7-12,14-16H2,(H,25,27);1H4. The van der Waals surface area contributed by atoms with Crippen LogP contribution in [0.1, 0.15) is 68.3 Å². The highest BCUT2D eigenvalue weighted by molar-refractivity contribution is 6.33. The van der Waals surface area contributed by atoms with E-state index < -0.39 is 0 Å². The molecule has 0 unspecified atom stereocenters. The third-order valence-electron chi connectivity index (χ3n) is 6.24. The van der Waals surface area contributed by atoms with E-state index in [1.165, 1.54) is 44.9 Å². The predicted molar refractivity (Wildman–Crippen MR) is 118 cm³/mol.